The number of hydrogen-bond donors (Lipinski definition) is 1. The summed E-state index contributed by atoms with van der Waals surface area (Å²) in [6.07, 6.45) is 0.970. The molecule has 0 aromatic carbocycles. The lowest BCUT2D eigenvalue weighted by Crippen LogP contribution is -2.34. The van der Waals surface area contributed by atoms with E-state index in [9.17, 15) is 18.3 Å². The van der Waals surface area contributed by atoms with Gasteiger partial charge in [0.2, 0.25) is 0 Å². The highest BCUT2D eigenvalue weighted by Crippen LogP contribution is 2.41. The monoisotopic (exact) mass is 250 g/mol. The van der Waals surface area contributed by atoms with Gasteiger partial charge in [-0.1, -0.05) is 6.92 Å². The number of carboxylic acid groups (broad SMARTS) is 1. The SMILES string of the molecule is CCS(=O)(=O)[C@@H]1CC[C@@](COC)(C(=O)O)C1. The highest BCUT2D eigenvalue weighted by atomic mass is 32.2. The van der Waals surface area contributed by atoms with Crippen LogP contribution in [0.5, 0.6) is 0 Å². The topological polar surface area (TPSA) is 80.7 Å². The maximum atomic E-state index is 11.7. The van der Waals surface area contributed by atoms with Gasteiger partial charge in [0, 0.05) is 12.9 Å². The second-order valence-electron chi connectivity index (χ2n) is 4.33. The van der Waals surface area contributed by atoms with Crippen LogP contribution in [0.1, 0.15) is 26.2 Å². The summed E-state index contributed by atoms with van der Waals surface area (Å²) in [4.78, 5) is 11.2. The average molecular weight is 250 g/mol. The molecule has 1 aliphatic carbocycles. The second-order valence-corrected chi connectivity index (χ2v) is 6.90. The van der Waals surface area contributed by atoms with Gasteiger partial charge in [0.1, 0.15) is 0 Å². The van der Waals surface area contributed by atoms with E-state index >= 15 is 0 Å². The molecule has 0 radical (unpaired) electrons. The minimum absolute atomic E-state index is 0.0698. The van der Waals surface area contributed by atoms with Crippen molar-refractivity contribution in [3.05, 3.63) is 0 Å². The number of methoxy groups -OCH3 is 1. The molecule has 5 nitrogen and oxygen atoms in total. The average Bonchev–Trinajstić information content (AvgIpc) is 2.65. The van der Waals surface area contributed by atoms with Crippen molar-refractivity contribution in [2.75, 3.05) is 19.5 Å². The Morgan fingerprint density at radius 1 is 1.56 bits per heavy atom. The van der Waals surface area contributed by atoms with Crippen LogP contribution >= 0.6 is 0 Å². The minimum atomic E-state index is -3.14. The molecule has 0 aliphatic heterocycles. The number of sulfone groups is 1. The number of carbonyl (C=O) groups is 1. The van der Waals surface area contributed by atoms with Crippen LogP contribution < -0.4 is 0 Å². The Labute approximate surface area is 95.7 Å². The number of aliphatic carboxylic acids is 1. The van der Waals surface area contributed by atoms with Gasteiger partial charge < -0.3 is 9.84 Å². The van der Waals surface area contributed by atoms with E-state index in [0.29, 0.717) is 12.8 Å². The molecule has 2 atom stereocenters. The maximum Gasteiger partial charge on any atom is 0.312 e. The molecule has 1 fully saturated rings. The van der Waals surface area contributed by atoms with Crippen LogP contribution in [-0.2, 0) is 19.4 Å². The van der Waals surface area contributed by atoms with Crippen molar-refractivity contribution in [3.63, 3.8) is 0 Å². The Balaban J connectivity index is 2.87. The molecule has 0 unspecified atom stereocenters. The first-order valence-electron chi connectivity index (χ1n) is 5.32. The molecule has 94 valence electrons. The lowest BCUT2D eigenvalue weighted by atomic mass is 9.87. The summed E-state index contributed by atoms with van der Waals surface area (Å²) in [5.74, 6) is -0.886. The summed E-state index contributed by atoms with van der Waals surface area (Å²) < 4.78 is 28.3. The van der Waals surface area contributed by atoms with E-state index in [1.54, 1.807) is 6.92 Å². The summed E-state index contributed by atoms with van der Waals surface area (Å²) in [7, 11) is -1.70. The molecule has 1 saturated carbocycles. The number of carboxylic acids is 1. The van der Waals surface area contributed by atoms with Gasteiger partial charge in [-0.3, -0.25) is 4.79 Å². The maximum absolute atomic E-state index is 11.7. The van der Waals surface area contributed by atoms with Crippen molar-refractivity contribution in [1.29, 1.82) is 0 Å². The van der Waals surface area contributed by atoms with Crippen molar-refractivity contribution >= 4 is 15.8 Å². The molecular weight excluding hydrogens is 232 g/mol. The van der Waals surface area contributed by atoms with Gasteiger partial charge in [0.15, 0.2) is 9.84 Å². The smallest absolute Gasteiger partial charge is 0.312 e. The zero-order valence-electron chi connectivity index (χ0n) is 9.60. The predicted molar refractivity (Wildman–Crippen MR) is 59.0 cm³/mol. The summed E-state index contributed by atoms with van der Waals surface area (Å²) in [5.41, 5.74) is -1.01. The van der Waals surface area contributed by atoms with Gasteiger partial charge in [0.05, 0.1) is 17.3 Å². The first kappa shape index (κ1) is 13.4. The normalized spacial score (nSPS) is 30.5. The van der Waals surface area contributed by atoms with E-state index in [-0.39, 0.29) is 18.8 Å². The third kappa shape index (κ3) is 2.38. The molecule has 6 heteroatoms. The summed E-state index contributed by atoms with van der Waals surface area (Å²) in [6, 6.07) is 0. The molecule has 16 heavy (non-hydrogen) atoms. The molecule has 0 amide bonds. The van der Waals surface area contributed by atoms with Crippen LogP contribution in [0, 0.1) is 5.41 Å². The van der Waals surface area contributed by atoms with E-state index in [2.05, 4.69) is 0 Å². The van der Waals surface area contributed by atoms with Crippen molar-refractivity contribution in [3.8, 4) is 0 Å². The highest BCUT2D eigenvalue weighted by molar-refractivity contribution is 7.92. The Bertz CT molecular complexity index is 361. The van der Waals surface area contributed by atoms with Crippen LogP contribution in [0.15, 0.2) is 0 Å². The van der Waals surface area contributed by atoms with Crippen molar-refractivity contribution in [1.82, 2.24) is 0 Å². The van der Waals surface area contributed by atoms with Gasteiger partial charge in [0.25, 0.3) is 0 Å². The predicted octanol–water partition coefficient (Wildman–Crippen LogP) is 0.691. The number of hydrogen-bond acceptors (Lipinski definition) is 4. The second kappa shape index (κ2) is 4.71. The minimum Gasteiger partial charge on any atom is -0.481 e. The first-order chi connectivity index (χ1) is 7.38. The lowest BCUT2D eigenvalue weighted by molar-refractivity contribution is -0.151. The van der Waals surface area contributed by atoms with Gasteiger partial charge in [-0.2, -0.15) is 0 Å². The first-order valence-corrected chi connectivity index (χ1v) is 7.03. The fourth-order valence-electron chi connectivity index (χ4n) is 2.28. The standard InChI is InChI=1S/C10H18O5S/c1-3-16(13,14)8-4-5-10(6-8,7-15-2)9(11)12/h8H,3-7H2,1-2H3,(H,11,12)/t8-,10-/m1/s1. The molecule has 1 aliphatic rings. The number of ether oxygens (including phenoxy) is 1. The van der Waals surface area contributed by atoms with Crippen molar-refractivity contribution in [2.45, 2.75) is 31.4 Å². The molecule has 1 rings (SSSR count). The third-order valence-electron chi connectivity index (χ3n) is 3.35. The highest BCUT2D eigenvalue weighted by Gasteiger charge is 2.48. The summed E-state index contributed by atoms with van der Waals surface area (Å²) in [6.45, 7) is 1.67. The van der Waals surface area contributed by atoms with Crippen LogP contribution in [0.2, 0.25) is 0 Å². The van der Waals surface area contributed by atoms with Crippen LogP contribution in [0.4, 0.5) is 0 Å². The Morgan fingerprint density at radius 3 is 2.62 bits per heavy atom. The van der Waals surface area contributed by atoms with Gasteiger partial charge >= 0.3 is 5.97 Å². The zero-order chi connectivity index (χ0) is 12.4. The molecule has 0 spiro atoms. The fourth-order valence-corrected chi connectivity index (χ4v) is 3.80. The van der Waals surface area contributed by atoms with E-state index in [4.69, 9.17) is 4.74 Å². The third-order valence-corrected chi connectivity index (χ3v) is 5.57. The van der Waals surface area contributed by atoms with Crippen LogP contribution in [-0.4, -0.2) is 44.2 Å². The quantitative estimate of drug-likeness (QED) is 0.776. The lowest BCUT2D eigenvalue weighted by Gasteiger charge is -2.23. The van der Waals surface area contributed by atoms with Crippen LogP contribution in [0.3, 0.4) is 0 Å². The van der Waals surface area contributed by atoms with E-state index in [1.807, 2.05) is 0 Å². The largest absolute Gasteiger partial charge is 0.481 e. The van der Waals surface area contributed by atoms with E-state index < -0.39 is 26.5 Å². The zero-order valence-corrected chi connectivity index (χ0v) is 10.4. The molecule has 0 aromatic heterocycles. The Kier molecular flexibility index (Phi) is 3.96. The molecular formula is C10H18O5S. The van der Waals surface area contributed by atoms with Crippen molar-refractivity contribution in [2.24, 2.45) is 5.41 Å². The van der Waals surface area contributed by atoms with Gasteiger partial charge in [-0.05, 0) is 19.3 Å². The van der Waals surface area contributed by atoms with Crippen LogP contribution in [0.25, 0.3) is 0 Å². The summed E-state index contributed by atoms with van der Waals surface area (Å²) >= 11 is 0. The Morgan fingerprint density at radius 2 is 2.19 bits per heavy atom. The summed E-state index contributed by atoms with van der Waals surface area (Å²) in [5, 5.41) is 8.65. The number of rotatable bonds is 5. The molecule has 0 aromatic rings. The van der Waals surface area contributed by atoms with E-state index in [0.717, 1.165) is 0 Å². The van der Waals surface area contributed by atoms with Gasteiger partial charge in [-0.15, -0.1) is 0 Å². The molecule has 0 saturated heterocycles. The van der Waals surface area contributed by atoms with Gasteiger partial charge in [-0.25, -0.2) is 8.42 Å². The molecule has 1 N–H and O–H groups in total. The Hall–Kier alpha value is -0.620. The molecule has 0 heterocycles. The van der Waals surface area contributed by atoms with E-state index in [1.165, 1.54) is 7.11 Å². The fraction of sp³-hybridized carbons (Fsp3) is 0.900. The molecule has 0 bridgehead atoms. The van der Waals surface area contributed by atoms with Crippen molar-refractivity contribution < 1.29 is 23.1 Å².